The van der Waals surface area contributed by atoms with Crippen LogP contribution in [-0.2, 0) is 17.6 Å². The highest BCUT2D eigenvalue weighted by atomic mass is 16.5. The van der Waals surface area contributed by atoms with Gasteiger partial charge < -0.3 is 15.0 Å². The van der Waals surface area contributed by atoms with Crippen molar-refractivity contribution in [2.45, 2.75) is 26.2 Å². The molecule has 0 fully saturated rings. The SMILES string of the molecule is COc1ccc2cc(CCNC(=O)CCc3cccc(C)c3)c(=O)[nH]c2c1. The summed E-state index contributed by atoms with van der Waals surface area (Å²) in [7, 11) is 1.59. The fourth-order valence-electron chi connectivity index (χ4n) is 3.09. The minimum Gasteiger partial charge on any atom is -0.497 e. The third-order valence-corrected chi connectivity index (χ3v) is 4.57. The minimum atomic E-state index is -0.134. The van der Waals surface area contributed by atoms with Gasteiger partial charge in [-0.15, -0.1) is 0 Å². The molecule has 0 aliphatic rings. The van der Waals surface area contributed by atoms with Gasteiger partial charge in [0.1, 0.15) is 5.75 Å². The Morgan fingerprint density at radius 3 is 2.74 bits per heavy atom. The van der Waals surface area contributed by atoms with Gasteiger partial charge >= 0.3 is 0 Å². The van der Waals surface area contributed by atoms with E-state index in [1.807, 2.05) is 43.3 Å². The van der Waals surface area contributed by atoms with E-state index in [1.165, 1.54) is 5.56 Å². The molecular weight excluding hydrogens is 340 g/mol. The zero-order valence-corrected chi connectivity index (χ0v) is 15.7. The number of aromatic nitrogens is 1. The number of pyridine rings is 1. The Morgan fingerprint density at radius 2 is 1.96 bits per heavy atom. The van der Waals surface area contributed by atoms with Crippen LogP contribution in [0.25, 0.3) is 10.9 Å². The van der Waals surface area contributed by atoms with E-state index < -0.39 is 0 Å². The van der Waals surface area contributed by atoms with Gasteiger partial charge in [-0.1, -0.05) is 29.8 Å². The van der Waals surface area contributed by atoms with Crippen LogP contribution in [0, 0.1) is 6.92 Å². The lowest BCUT2D eigenvalue weighted by atomic mass is 10.1. The standard InChI is InChI=1S/C22H24N2O3/c1-15-4-3-5-16(12-15)6-9-21(25)23-11-10-18-13-17-7-8-19(27-2)14-20(17)24-22(18)26/h3-5,7-8,12-14H,6,9-11H2,1-2H3,(H,23,25)(H,24,26). The van der Waals surface area contributed by atoms with Crippen molar-refractivity contribution in [2.75, 3.05) is 13.7 Å². The number of hydrogen-bond donors (Lipinski definition) is 2. The molecule has 0 bridgehead atoms. The van der Waals surface area contributed by atoms with Gasteiger partial charge in [0.2, 0.25) is 5.91 Å². The number of amides is 1. The lowest BCUT2D eigenvalue weighted by molar-refractivity contribution is -0.121. The molecule has 1 aromatic heterocycles. The van der Waals surface area contributed by atoms with Gasteiger partial charge in [-0.3, -0.25) is 9.59 Å². The number of hydrogen-bond acceptors (Lipinski definition) is 3. The van der Waals surface area contributed by atoms with Gasteiger partial charge in [-0.2, -0.15) is 0 Å². The summed E-state index contributed by atoms with van der Waals surface area (Å²) in [4.78, 5) is 27.2. The summed E-state index contributed by atoms with van der Waals surface area (Å²) in [6, 6.07) is 15.6. The predicted octanol–water partition coefficient (Wildman–Crippen LogP) is 3.14. The Hall–Kier alpha value is -3.08. The Morgan fingerprint density at radius 1 is 1.11 bits per heavy atom. The van der Waals surface area contributed by atoms with E-state index in [9.17, 15) is 9.59 Å². The van der Waals surface area contributed by atoms with E-state index >= 15 is 0 Å². The molecule has 0 aliphatic carbocycles. The van der Waals surface area contributed by atoms with E-state index in [0.29, 0.717) is 37.1 Å². The summed E-state index contributed by atoms with van der Waals surface area (Å²) in [5, 5.41) is 3.84. The van der Waals surface area contributed by atoms with Gasteiger partial charge in [0.15, 0.2) is 0 Å². The minimum absolute atomic E-state index is 0.00143. The van der Waals surface area contributed by atoms with Crippen LogP contribution in [-0.4, -0.2) is 24.5 Å². The van der Waals surface area contributed by atoms with E-state index in [-0.39, 0.29) is 11.5 Å². The van der Waals surface area contributed by atoms with Gasteiger partial charge in [-0.05, 0) is 48.9 Å². The van der Waals surface area contributed by atoms with Gasteiger partial charge in [0.05, 0.1) is 12.6 Å². The third kappa shape index (κ3) is 4.97. The van der Waals surface area contributed by atoms with Crippen LogP contribution in [0.1, 0.15) is 23.1 Å². The maximum absolute atomic E-state index is 12.2. The third-order valence-electron chi connectivity index (χ3n) is 4.57. The number of H-pyrrole nitrogens is 1. The van der Waals surface area contributed by atoms with Crippen molar-refractivity contribution < 1.29 is 9.53 Å². The molecule has 0 spiro atoms. The van der Waals surface area contributed by atoms with Gasteiger partial charge in [-0.25, -0.2) is 0 Å². The molecule has 0 aliphatic heterocycles. The fraction of sp³-hybridized carbons (Fsp3) is 0.273. The Kier molecular flexibility index (Phi) is 5.91. The zero-order chi connectivity index (χ0) is 19.2. The number of rotatable bonds is 7. The molecule has 0 radical (unpaired) electrons. The van der Waals surface area contributed by atoms with E-state index in [2.05, 4.69) is 16.4 Å². The number of fused-ring (bicyclic) bond motifs is 1. The molecule has 5 heteroatoms. The molecule has 140 valence electrons. The average Bonchev–Trinajstić information content (AvgIpc) is 2.66. The molecule has 0 saturated carbocycles. The highest BCUT2D eigenvalue weighted by molar-refractivity contribution is 5.80. The normalized spacial score (nSPS) is 10.7. The van der Waals surface area contributed by atoms with Crippen LogP contribution in [0.5, 0.6) is 5.75 Å². The Balaban J connectivity index is 1.54. The summed E-state index contributed by atoms with van der Waals surface area (Å²) < 4.78 is 5.18. The molecule has 1 heterocycles. The molecule has 5 nitrogen and oxygen atoms in total. The largest absolute Gasteiger partial charge is 0.497 e. The topological polar surface area (TPSA) is 71.2 Å². The van der Waals surface area contributed by atoms with Crippen molar-refractivity contribution in [3.05, 3.63) is 75.6 Å². The number of carbonyl (C=O) groups excluding carboxylic acids is 1. The Bertz CT molecular complexity index is 1010. The van der Waals surface area contributed by atoms with Crippen LogP contribution in [0.4, 0.5) is 0 Å². The number of ether oxygens (including phenoxy) is 1. The number of benzene rings is 2. The quantitative estimate of drug-likeness (QED) is 0.677. The number of aryl methyl sites for hydroxylation is 2. The summed E-state index contributed by atoms with van der Waals surface area (Å²) in [6.07, 6.45) is 1.65. The van der Waals surface area contributed by atoms with Crippen LogP contribution in [0.3, 0.4) is 0 Å². The van der Waals surface area contributed by atoms with E-state index in [4.69, 9.17) is 4.74 Å². The van der Waals surface area contributed by atoms with Crippen molar-refractivity contribution in [1.82, 2.24) is 10.3 Å². The average molecular weight is 364 g/mol. The van der Waals surface area contributed by atoms with Crippen LogP contribution in [0.2, 0.25) is 0 Å². The van der Waals surface area contributed by atoms with Gasteiger partial charge in [0.25, 0.3) is 5.56 Å². The number of aromatic amines is 1. The van der Waals surface area contributed by atoms with Crippen molar-refractivity contribution >= 4 is 16.8 Å². The predicted molar refractivity (Wildman–Crippen MR) is 107 cm³/mol. The molecule has 0 atom stereocenters. The summed E-state index contributed by atoms with van der Waals surface area (Å²) >= 11 is 0. The lowest BCUT2D eigenvalue weighted by Gasteiger charge is -2.07. The highest BCUT2D eigenvalue weighted by Crippen LogP contribution is 2.18. The van der Waals surface area contributed by atoms with Gasteiger partial charge in [0, 0.05) is 24.6 Å². The van der Waals surface area contributed by atoms with Crippen LogP contribution < -0.4 is 15.6 Å². The van der Waals surface area contributed by atoms with Crippen LogP contribution >= 0.6 is 0 Å². The molecule has 3 aromatic rings. The number of nitrogens with one attached hydrogen (secondary N) is 2. The first kappa shape index (κ1) is 18.7. The highest BCUT2D eigenvalue weighted by Gasteiger charge is 2.06. The second kappa shape index (κ2) is 8.54. The lowest BCUT2D eigenvalue weighted by Crippen LogP contribution is -2.27. The molecular formula is C22H24N2O3. The summed E-state index contributed by atoms with van der Waals surface area (Å²) in [5.74, 6) is 0.699. The van der Waals surface area contributed by atoms with Crippen molar-refractivity contribution in [3.63, 3.8) is 0 Å². The smallest absolute Gasteiger partial charge is 0.251 e. The summed E-state index contributed by atoms with van der Waals surface area (Å²) in [5.41, 5.74) is 3.62. The monoisotopic (exact) mass is 364 g/mol. The first-order chi connectivity index (χ1) is 13.0. The number of carbonyl (C=O) groups is 1. The maximum atomic E-state index is 12.2. The molecule has 2 N–H and O–H groups in total. The first-order valence-electron chi connectivity index (χ1n) is 9.07. The van der Waals surface area contributed by atoms with E-state index in [1.54, 1.807) is 13.2 Å². The summed E-state index contributed by atoms with van der Waals surface area (Å²) in [6.45, 7) is 2.48. The van der Waals surface area contributed by atoms with Crippen LogP contribution in [0.15, 0.2) is 53.3 Å². The second-order valence-corrected chi connectivity index (χ2v) is 6.67. The van der Waals surface area contributed by atoms with Crippen molar-refractivity contribution in [3.8, 4) is 5.75 Å². The van der Waals surface area contributed by atoms with Crippen molar-refractivity contribution in [1.29, 1.82) is 0 Å². The molecule has 3 rings (SSSR count). The second-order valence-electron chi connectivity index (χ2n) is 6.67. The molecule has 2 aromatic carbocycles. The first-order valence-corrected chi connectivity index (χ1v) is 9.07. The van der Waals surface area contributed by atoms with Crippen molar-refractivity contribution in [2.24, 2.45) is 0 Å². The molecule has 0 saturated heterocycles. The Labute approximate surface area is 158 Å². The molecule has 27 heavy (non-hydrogen) atoms. The molecule has 1 amide bonds. The van der Waals surface area contributed by atoms with E-state index in [0.717, 1.165) is 16.5 Å². The number of methoxy groups -OCH3 is 1. The fourth-order valence-corrected chi connectivity index (χ4v) is 3.09. The molecule has 0 unspecified atom stereocenters. The maximum Gasteiger partial charge on any atom is 0.251 e. The zero-order valence-electron chi connectivity index (χ0n) is 15.7.